The summed E-state index contributed by atoms with van der Waals surface area (Å²) >= 11 is 0. The molecule has 13 heteroatoms. The number of amides is 1. The highest BCUT2D eigenvalue weighted by atomic mass is 19.4. The number of aliphatic hydroxyl groups is 1. The number of carbonyl (C=O) groups excluding carboxylic acids is 1. The molecule has 4 rings (SSSR count). The van der Waals surface area contributed by atoms with E-state index in [0.717, 1.165) is 11.4 Å². The van der Waals surface area contributed by atoms with Crippen molar-refractivity contribution in [3.63, 3.8) is 0 Å². The first-order valence-electron chi connectivity index (χ1n) is 13.0. The fourth-order valence-electron chi connectivity index (χ4n) is 4.80. The number of hydrogen-bond donors (Lipinski definition) is 2. The number of hydrogen-bond acceptors (Lipinski definition) is 9. The Balaban J connectivity index is 1.28. The predicted molar refractivity (Wildman–Crippen MR) is 141 cm³/mol. The third-order valence-corrected chi connectivity index (χ3v) is 6.81. The van der Waals surface area contributed by atoms with Gasteiger partial charge >= 0.3 is 12.5 Å². The van der Waals surface area contributed by atoms with Gasteiger partial charge in [-0.1, -0.05) is 0 Å². The van der Waals surface area contributed by atoms with Crippen LogP contribution in [-0.4, -0.2) is 88.2 Å². The Morgan fingerprint density at radius 3 is 2.05 bits per heavy atom. The van der Waals surface area contributed by atoms with Gasteiger partial charge in [0.05, 0.1) is 6.10 Å². The first kappa shape index (κ1) is 29.7. The van der Waals surface area contributed by atoms with Crippen LogP contribution in [0.3, 0.4) is 0 Å². The summed E-state index contributed by atoms with van der Waals surface area (Å²) in [7, 11) is 1.43. The molecule has 2 heterocycles. The summed E-state index contributed by atoms with van der Waals surface area (Å²) in [4.78, 5) is 16.9. The number of ether oxygens (including phenoxy) is 5. The van der Waals surface area contributed by atoms with Gasteiger partial charge in [0.2, 0.25) is 6.29 Å². The van der Waals surface area contributed by atoms with Crippen molar-refractivity contribution in [1.29, 1.82) is 0 Å². The molecule has 1 amide bonds. The normalized spacial score (nSPS) is 25.4. The number of rotatable bonds is 8. The average Bonchev–Trinajstić information content (AvgIpc) is 2.92. The van der Waals surface area contributed by atoms with Crippen molar-refractivity contribution in [2.45, 2.75) is 50.9 Å². The number of piperazine rings is 1. The zero-order valence-electron chi connectivity index (χ0n) is 22.5. The number of aliphatic hydroxyl groups excluding tert-OH is 1. The molecule has 2 aromatic carbocycles. The largest absolute Gasteiger partial charge is 0.573 e. The van der Waals surface area contributed by atoms with Gasteiger partial charge in [-0.25, -0.2) is 4.79 Å². The molecule has 0 unspecified atom stereocenters. The standard InChI is InChI=1S/C27H34F3N3O7/c1-4-37-23-22(34)17(2)38-25(24(23)36-3)39-26(35)31-18-5-7-19(8-6-18)32-13-15-33(16-14-32)20-9-11-21(12-10-20)40-27(28,29)30/h5-12,17,22-25,34H,4,13-16H2,1-3H3,(H,31,35)/t17-,22-,23+,24+,25-/m0/s1. The van der Waals surface area contributed by atoms with Gasteiger partial charge in [-0.15, -0.1) is 13.2 Å². The lowest BCUT2D eigenvalue weighted by Crippen LogP contribution is -2.59. The van der Waals surface area contributed by atoms with Gasteiger partial charge in [-0.2, -0.15) is 0 Å². The lowest BCUT2D eigenvalue weighted by molar-refractivity contribution is -0.288. The molecular formula is C27H34F3N3O7. The van der Waals surface area contributed by atoms with Crippen molar-refractivity contribution in [3.8, 4) is 5.75 Å². The lowest BCUT2D eigenvalue weighted by Gasteiger charge is -2.42. The molecule has 0 bridgehead atoms. The molecule has 0 radical (unpaired) electrons. The van der Waals surface area contributed by atoms with Gasteiger partial charge in [0.15, 0.2) is 0 Å². The number of carbonyl (C=O) groups is 1. The number of benzene rings is 2. The summed E-state index contributed by atoms with van der Waals surface area (Å²) in [5.41, 5.74) is 2.30. The molecule has 40 heavy (non-hydrogen) atoms. The van der Waals surface area contributed by atoms with Crippen LogP contribution >= 0.6 is 0 Å². The highest BCUT2D eigenvalue weighted by Gasteiger charge is 2.46. The van der Waals surface area contributed by atoms with E-state index in [4.69, 9.17) is 18.9 Å². The molecule has 0 spiro atoms. The predicted octanol–water partition coefficient (Wildman–Crippen LogP) is 3.99. The summed E-state index contributed by atoms with van der Waals surface area (Å²) in [5, 5.41) is 13.1. The number of halogens is 3. The zero-order chi connectivity index (χ0) is 28.9. The molecule has 0 saturated carbocycles. The summed E-state index contributed by atoms with van der Waals surface area (Å²) in [6.45, 7) is 6.59. The van der Waals surface area contributed by atoms with Crippen LogP contribution in [0.2, 0.25) is 0 Å². The number of nitrogens with one attached hydrogen (secondary N) is 1. The Bertz CT molecular complexity index is 1100. The number of alkyl halides is 3. The van der Waals surface area contributed by atoms with E-state index in [9.17, 15) is 23.1 Å². The van der Waals surface area contributed by atoms with Crippen LogP contribution in [0.15, 0.2) is 48.5 Å². The second-order valence-corrected chi connectivity index (χ2v) is 9.41. The van der Waals surface area contributed by atoms with E-state index < -0.39 is 43.2 Å². The zero-order valence-corrected chi connectivity index (χ0v) is 22.5. The molecule has 2 aromatic rings. The van der Waals surface area contributed by atoms with Crippen molar-refractivity contribution < 1.29 is 46.8 Å². The Kier molecular flexibility index (Phi) is 9.61. The van der Waals surface area contributed by atoms with Crippen LogP contribution in [0.1, 0.15) is 13.8 Å². The van der Waals surface area contributed by atoms with Crippen molar-refractivity contribution in [2.75, 3.05) is 55.0 Å². The van der Waals surface area contributed by atoms with E-state index in [-0.39, 0.29) is 5.75 Å². The molecule has 2 saturated heterocycles. The number of nitrogens with zero attached hydrogens (tertiary/aromatic N) is 2. The van der Waals surface area contributed by atoms with Crippen molar-refractivity contribution in [3.05, 3.63) is 48.5 Å². The van der Waals surface area contributed by atoms with Crippen LogP contribution in [0.25, 0.3) is 0 Å². The SMILES string of the molecule is CCO[C@@H]1[C@@H](O)[C@H](C)O[C@@H](OC(=O)Nc2ccc(N3CCN(c4ccc(OC(F)(F)F)cc4)CC3)cc2)[C@@H]1OC. The number of anilines is 3. The highest BCUT2D eigenvalue weighted by Crippen LogP contribution is 2.28. The first-order valence-corrected chi connectivity index (χ1v) is 13.0. The summed E-state index contributed by atoms with van der Waals surface area (Å²) in [5.74, 6) is -0.250. The lowest BCUT2D eigenvalue weighted by atomic mass is 9.99. The Morgan fingerprint density at radius 1 is 1.00 bits per heavy atom. The Hall–Kier alpha value is -3.26. The molecule has 0 aromatic heterocycles. The molecule has 220 valence electrons. The molecule has 10 nitrogen and oxygen atoms in total. The fraction of sp³-hybridized carbons (Fsp3) is 0.519. The summed E-state index contributed by atoms with van der Waals surface area (Å²) < 4.78 is 63.2. The third-order valence-electron chi connectivity index (χ3n) is 6.81. The Morgan fingerprint density at radius 2 is 1.55 bits per heavy atom. The van der Waals surface area contributed by atoms with Crippen LogP contribution in [-0.2, 0) is 18.9 Å². The topological polar surface area (TPSA) is 102 Å². The van der Waals surface area contributed by atoms with Crippen molar-refractivity contribution in [2.24, 2.45) is 0 Å². The van der Waals surface area contributed by atoms with Gasteiger partial charge in [-0.3, -0.25) is 5.32 Å². The van der Waals surface area contributed by atoms with Crippen molar-refractivity contribution >= 4 is 23.2 Å². The molecule has 2 aliphatic heterocycles. The quantitative estimate of drug-likeness (QED) is 0.489. The molecule has 2 N–H and O–H groups in total. The van der Waals surface area contributed by atoms with E-state index in [2.05, 4.69) is 19.9 Å². The van der Waals surface area contributed by atoms with Gasteiger partial charge in [-0.05, 0) is 62.4 Å². The minimum absolute atomic E-state index is 0.250. The van der Waals surface area contributed by atoms with E-state index in [0.29, 0.717) is 38.5 Å². The maximum Gasteiger partial charge on any atom is 0.573 e. The average molecular weight is 570 g/mol. The van der Waals surface area contributed by atoms with Crippen LogP contribution in [0.4, 0.5) is 35.0 Å². The van der Waals surface area contributed by atoms with Gasteiger partial charge in [0, 0.05) is 57.0 Å². The van der Waals surface area contributed by atoms with Crippen molar-refractivity contribution in [1.82, 2.24) is 0 Å². The van der Waals surface area contributed by atoms with E-state index in [1.165, 1.54) is 19.2 Å². The minimum Gasteiger partial charge on any atom is -0.416 e. The number of methoxy groups -OCH3 is 1. The fourth-order valence-corrected chi connectivity index (χ4v) is 4.80. The molecule has 0 aliphatic carbocycles. The van der Waals surface area contributed by atoms with E-state index in [1.807, 2.05) is 12.1 Å². The minimum atomic E-state index is -4.72. The molecule has 2 fully saturated rings. The maximum absolute atomic E-state index is 12.6. The van der Waals surface area contributed by atoms with Gasteiger partial charge < -0.3 is 38.6 Å². The van der Waals surface area contributed by atoms with E-state index in [1.54, 1.807) is 38.1 Å². The maximum atomic E-state index is 12.6. The second-order valence-electron chi connectivity index (χ2n) is 9.41. The Labute approximate surface area is 230 Å². The first-order chi connectivity index (χ1) is 19.1. The van der Waals surface area contributed by atoms with Crippen LogP contribution in [0.5, 0.6) is 5.75 Å². The van der Waals surface area contributed by atoms with Gasteiger partial charge in [0.25, 0.3) is 0 Å². The second kappa shape index (κ2) is 12.9. The molecule has 2 aliphatic rings. The van der Waals surface area contributed by atoms with Crippen LogP contribution < -0.4 is 19.9 Å². The van der Waals surface area contributed by atoms with Gasteiger partial charge in [0.1, 0.15) is 24.1 Å². The smallest absolute Gasteiger partial charge is 0.416 e. The van der Waals surface area contributed by atoms with E-state index >= 15 is 0 Å². The highest BCUT2D eigenvalue weighted by molar-refractivity contribution is 5.85. The third kappa shape index (κ3) is 7.47. The van der Waals surface area contributed by atoms with Crippen LogP contribution in [0, 0.1) is 0 Å². The summed E-state index contributed by atoms with van der Waals surface area (Å²) in [6.07, 6.45) is -9.58. The molecule has 5 atom stereocenters. The summed E-state index contributed by atoms with van der Waals surface area (Å²) in [6, 6.07) is 13.1. The molecular weight excluding hydrogens is 535 g/mol. The monoisotopic (exact) mass is 569 g/mol.